The van der Waals surface area contributed by atoms with E-state index in [0.29, 0.717) is 6.04 Å². The van der Waals surface area contributed by atoms with Crippen molar-refractivity contribution in [2.24, 2.45) is 5.92 Å². The Balaban J connectivity index is 2.03. The second-order valence-corrected chi connectivity index (χ2v) is 5.83. The predicted octanol–water partition coefficient (Wildman–Crippen LogP) is 2.10. The molecule has 0 amide bonds. The van der Waals surface area contributed by atoms with Crippen molar-refractivity contribution in [2.45, 2.75) is 39.8 Å². The minimum atomic E-state index is 0.686. The molecule has 2 rings (SSSR count). The summed E-state index contributed by atoms with van der Waals surface area (Å²) in [4.78, 5) is 0. The highest BCUT2D eigenvalue weighted by molar-refractivity contribution is 7.99. The summed E-state index contributed by atoms with van der Waals surface area (Å²) < 4.78 is 2.15. The number of nitrogens with zero attached hydrogens (tertiary/aromatic N) is 2. The SMILES string of the molecule is CCNC1CSCC1Cc1cc(C)nn1CC. The van der Waals surface area contributed by atoms with Gasteiger partial charge < -0.3 is 5.32 Å². The van der Waals surface area contributed by atoms with Crippen LogP contribution in [-0.2, 0) is 13.0 Å². The van der Waals surface area contributed by atoms with E-state index in [1.165, 1.54) is 23.6 Å². The summed E-state index contributed by atoms with van der Waals surface area (Å²) in [5.41, 5.74) is 2.55. The van der Waals surface area contributed by atoms with Crippen LogP contribution in [0.3, 0.4) is 0 Å². The molecule has 3 nitrogen and oxygen atoms in total. The highest BCUT2D eigenvalue weighted by Gasteiger charge is 2.28. The van der Waals surface area contributed by atoms with Crippen LogP contribution in [0.1, 0.15) is 25.2 Å². The minimum Gasteiger partial charge on any atom is -0.313 e. The molecule has 1 N–H and O–H groups in total. The van der Waals surface area contributed by atoms with Crippen molar-refractivity contribution in [1.82, 2.24) is 15.1 Å². The third-order valence-electron chi connectivity index (χ3n) is 3.42. The third kappa shape index (κ3) is 3.05. The van der Waals surface area contributed by atoms with Gasteiger partial charge in [-0.05, 0) is 44.6 Å². The Morgan fingerprint density at radius 3 is 3.00 bits per heavy atom. The van der Waals surface area contributed by atoms with E-state index < -0.39 is 0 Å². The predicted molar refractivity (Wildman–Crippen MR) is 74.6 cm³/mol. The van der Waals surface area contributed by atoms with Crippen molar-refractivity contribution < 1.29 is 0 Å². The molecular formula is C13H23N3S. The van der Waals surface area contributed by atoms with E-state index in [-0.39, 0.29) is 0 Å². The zero-order valence-corrected chi connectivity index (χ0v) is 11.9. The lowest BCUT2D eigenvalue weighted by Crippen LogP contribution is -2.36. The molecule has 0 spiro atoms. The lowest BCUT2D eigenvalue weighted by molar-refractivity contribution is 0.421. The Morgan fingerprint density at radius 1 is 1.47 bits per heavy atom. The molecule has 2 unspecified atom stereocenters. The second-order valence-electron chi connectivity index (χ2n) is 4.76. The summed E-state index contributed by atoms with van der Waals surface area (Å²) in [6.07, 6.45) is 1.17. The van der Waals surface area contributed by atoms with Gasteiger partial charge in [-0.3, -0.25) is 4.68 Å². The number of hydrogen-bond acceptors (Lipinski definition) is 3. The first kappa shape index (κ1) is 13.0. The summed E-state index contributed by atoms with van der Waals surface area (Å²) in [6.45, 7) is 8.51. The van der Waals surface area contributed by atoms with Crippen LogP contribution >= 0.6 is 11.8 Å². The van der Waals surface area contributed by atoms with Crippen molar-refractivity contribution in [3.8, 4) is 0 Å². The van der Waals surface area contributed by atoms with Crippen LogP contribution in [0.25, 0.3) is 0 Å². The van der Waals surface area contributed by atoms with Gasteiger partial charge in [-0.1, -0.05) is 6.92 Å². The zero-order valence-electron chi connectivity index (χ0n) is 11.1. The summed E-state index contributed by atoms with van der Waals surface area (Å²) >= 11 is 2.08. The second kappa shape index (κ2) is 5.91. The molecule has 1 saturated heterocycles. The first-order chi connectivity index (χ1) is 8.24. The summed E-state index contributed by atoms with van der Waals surface area (Å²) in [7, 11) is 0. The monoisotopic (exact) mass is 253 g/mol. The van der Waals surface area contributed by atoms with E-state index in [1.807, 2.05) is 0 Å². The molecule has 0 radical (unpaired) electrons. The van der Waals surface area contributed by atoms with Crippen LogP contribution in [-0.4, -0.2) is 33.9 Å². The van der Waals surface area contributed by atoms with Gasteiger partial charge in [0, 0.05) is 24.0 Å². The van der Waals surface area contributed by atoms with Gasteiger partial charge in [0.05, 0.1) is 5.69 Å². The maximum atomic E-state index is 4.53. The fourth-order valence-corrected chi connectivity index (χ4v) is 4.03. The molecule has 96 valence electrons. The lowest BCUT2D eigenvalue weighted by atomic mass is 9.97. The molecule has 1 aliphatic heterocycles. The van der Waals surface area contributed by atoms with Crippen molar-refractivity contribution >= 4 is 11.8 Å². The molecule has 2 heterocycles. The molecule has 4 heteroatoms. The summed E-state index contributed by atoms with van der Waals surface area (Å²) in [5, 5.41) is 8.14. The van der Waals surface area contributed by atoms with Crippen LogP contribution in [0.15, 0.2) is 6.07 Å². The number of rotatable bonds is 5. The van der Waals surface area contributed by atoms with E-state index in [1.54, 1.807) is 0 Å². The van der Waals surface area contributed by atoms with Gasteiger partial charge >= 0.3 is 0 Å². The third-order valence-corrected chi connectivity index (χ3v) is 4.68. The minimum absolute atomic E-state index is 0.686. The summed E-state index contributed by atoms with van der Waals surface area (Å²) in [5.74, 6) is 3.31. The first-order valence-corrected chi connectivity index (χ1v) is 7.74. The number of aryl methyl sites for hydroxylation is 2. The van der Waals surface area contributed by atoms with Crippen LogP contribution < -0.4 is 5.32 Å². The average molecular weight is 253 g/mol. The van der Waals surface area contributed by atoms with E-state index >= 15 is 0 Å². The van der Waals surface area contributed by atoms with Gasteiger partial charge in [0.25, 0.3) is 0 Å². The molecule has 1 aromatic heterocycles. The van der Waals surface area contributed by atoms with Gasteiger partial charge in [0.2, 0.25) is 0 Å². The Labute approximate surface area is 108 Å². The van der Waals surface area contributed by atoms with E-state index in [0.717, 1.165) is 24.7 Å². The summed E-state index contributed by atoms with van der Waals surface area (Å²) in [6, 6.07) is 2.93. The van der Waals surface area contributed by atoms with Crippen molar-refractivity contribution in [1.29, 1.82) is 0 Å². The highest BCUT2D eigenvalue weighted by Crippen LogP contribution is 2.27. The Hall–Kier alpha value is -0.480. The van der Waals surface area contributed by atoms with Gasteiger partial charge in [-0.15, -0.1) is 0 Å². The highest BCUT2D eigenvalue weighted by atomic mass is 32.2. The molecule has 0 bridgehead atoms. The number of hydrogen-bond donors (Lipinski definition) is 1. The normalized spacial score (nSPS) is 24.4. The first-order valence-electron chi connectivity index (χ1n) is 6.59. The van der Waals surface area contributed by atoms with Crippen molar-refractivity contribution in [3.05, 3.63) is 17.5 Å². The van der Waals surface area contributed by atoms with Crippen molar-refractivity contribution in [2.75, 3.05) is 18.1 Å². The van der Waals surface area contributed by atoms with Gasteiger partial charge in [-0.2, -0.15) is 16.9 Å². The fraction of sp³-hybridized carbons (Fsp3) is 0.769. The molecular weight excluding hydrogens is 230 g/mol. The van der Waals surface area contributed by atoms with Gasteiger partial charge in [0.15, 0.2) is 0 Å². The smallest absolute Gasteiger partial charge is 0.0596 e. The quantitative estimate of drug-likeness (QED) is 0.871. The van der Waals surface area contributed by atoms with Gasteiger partial charge in [0.1, 0.15) is 0 Å². The van der Waals surface area contributed by atoms with Crippen LogP contribution in [0.5, 0.6) is 0 Å². The number of thioether (sulfide) groups is 1. The fourth-order valence-electron chi connectivity index (χ4n) is 2.59. The Bertz CT molecular complexity index is 362. The molecule has 1 fully saturated rings. The molecule has 2 atom stereocenters. The van der Waals surface area contributed by atoms with E-state index in [4.69, 9.17) is 0 Å². The van der Waals surface area contributed by atoms with Crippen molar-refractivity contribution in [3.63, 3.8) is 0 Å². The Morgan fingerprint density at radius 2 is 2.29 bits per heavy atom. The largest absolute Gasteiger partial charge is 0.313 e. The van der Waals surface area contributed by atoms with E-state index in [2.05, 4.69) is 53.7 Å². The molecule has 0 aliphatic carbocycles. The van der Waals surface area contributed by atoms with Crippen LogP contribution in [0.4, 0.5) is 0 Å². The van der Waals surface area contributed by atoms with E-state index in [9.17, 15) is 0 Å². The number of nitrogens with one attached hydrogen (secondary N) is 1. The molecule has 17 heavy (non-hydrogen) atoms. The maximum absolute atomic E-state index is 4.53. The standard InChI is InChI=1S/C13H23N3S/c1-4-14-13-9-17-8-11(13)7-12-6-10(3)15-16(12)5-2/h6,11,13-14H,4-5,7-9H2,1-3H3. The van der Waals surface area contributed by atoms with Crippen LogP contribution in [0.2, 0.25) is 0 Å². The average Bonchev–Trinajstić information content (AvgIpc) is 2.87. The topological polar surface area (TPSA) is 29.9 Å². The lowest BCUT2D eigenvalue weighted by Gasteiger charge is -2.19. The zero-order chi connectivity index (χ0) is 12.3. The maximum Gasteiger partial charge on any atom is 0.0596 e. The molecule has 0 saturated carbocycles. The molecule has 0 aromatic carbocycles. The van der Waals surface area contributed by atoms with Crippen LogP contribution in [0, 0.1) is 12.8 Å². The number of aromatic nitrogens is 2. The Kier molecular flexibility index (Phi) is 4.51. The van der Waals surface area contributed by atoms with Gasteiger partial charge in [-0.25, -0.2) is 0 Å². The molecule has 1 aliphatic rings. The molecule has 1 aromatic rings.